The van der Waals surface area contributed by atoms with Gasteiger partial charge in [-0.05, 0) is 29.5 Å². The monoisotopic (exact) mass is 319 g/mol. The van der Waals surface area contributed by atoms with E-state index in [4.69, 9.17) is 0 Å². The Hall–Kier alpha value is -2.35. The van der Waals surface area contributed by atoms with Crippen LogP contribution in [0.3, 0.4) is 0 Å². The van der Waals surface area contributed by atoms with Crippen LogP contribution in [0.15, 0.2) is 61.2 Å². The minimum absolute atomic E-state index is 0.0276. The van der Waals surface area contributed by atoms with E-state index in [9.17, 15) is 4.79 Å². The minimum Gasteiger partial charge on any atom is -0.356 e. The van der Waals surface area contributed by atoms with E-state index in [0.717, 1.165) is 24.9 Å². The standard InChI is InChI=1S/C22H25NO/c1-3-17-10-12-19(13-11-17)22(4-2)14-15-23-21(24)16-20(22)18-8-6-5-7-9-18/h3,5-13,20H,1,4,14-16H2,2H3,(H,23,24)/t20-,22+/m0/s1. The number of hydrogen-bond donors (Lipinski definition) is 1. The summed E-state index contributed by atoms with van der Waals surface area (Å²) < 4.78 is 0. The molecule has 24 heavy (non-hydrogen) atoms. The SMILES string of the molecule is C=Cc1ccc([C@@]2(CC)CCNC(=O)C[C@H]2c2ccccc2)cc1. The van der Waals surface area contributed by atoms with Crippen molar-refractivity contribution in [2.75, 3.05) is 6.54 Å². The summed E-state index contributed by atoms with van der Waals surface area (Å²) in [6.45, 7) is 6.82. The summed E-state index contributed by atoms with van der Waals surface area (Å²) in [5, 5.41) is 3.07. The zero-order chi connectivity index (χ0) is 17.0. The first-order valence-corrected chi connectivity index (χ1v) is 8.74. The van der Waals surface area contributed by atoms with Gasteiger partial charge < -0.3 is 5.32 Å². The summed E-state index contributed by atoms with van der Waals surface area (Å²) in [7, 11) is 0. The van der Waals surface area contributed by atoms with Gasteiger partial charge in [-0.15, -0.1) is 0 Å². The molecule has 0 saturated carbocycles. The summed E-state index contributed by atoms with van der Waals surface area (Å²) in [5.74, 6) is 0.350. The Labute approximate surface area is 144 Å². The first-order valence-electron chi connectivity index (χ1n) is 8.74. The van der Waals surface area contributed by atoms with Crippen LogP contribution in [0.5, 0.6) is 0 Å². The highest BCUT2D eigenvalue weighted by atomic mass is 16.1. The van der Waals surface area contributed by atoms with Gasteiger partial charge in [-0.25, -0.2) is 0 Å². The number of rotatable bonds is 4. The van der Waals surface area contributed by atoms with E-state index >= 15 is 0 Å². The van der Waals surface area contributed by atoms with Crippen LogP contribution in [0.4, 0.5) is 0 Å². The Morgan fingerprint density at radius 1 is 1.17 bits per heavy atom. The lowest BCUT2D eigenvalue weighted by atomic mass is 9.63. The van der Waals surface area contributed by atoms with Gasteiger partial charge in [0.1, 0.15) is 0 Å². The molecular formula is C22H25NO. The number of amides is 1. The number of benzene rings is 2. The molecule has 3 rings (SSSR count). The van der Waals surface area contributed by atoms with Crippen LogP contribution in [-0.2, 0) is 10.2 Å². The lowest BCUT2D eigenvalue weighted by Gasteiger charge is -2.40. The second-order valence-corrected chi connectivity index (χ2v) is 6.60. The van der Waals surface area contributed by atoms with Crippen LogP contribution in [-0.4, -0.2) is 12.5 Å². The molecule has 2 heteroatoms. The summed E-state index contributed by atoms with van der Waals surface area (Å²) in [5.41, 5.74) is 3.68. The van der Waals surface area contributed by atoms with Gasteiger partial charge in [0.05, 0.1) is 0 Å². The van der Waals surface area contributed by atoms with Crippen LogP contribution in [0.2, 0.25) is 0 Å². The normalized spacial score (nSPS) is 24.0. The van der Waals surface area contributed by atoms with Crippen LogP contribution in [0.1, 0.15) is 48.8 Å². The van der Waals surface area contributed by atoms with E-state index in [2.05, 4.69) is 67.4 Å². The van der Waals surface area contributed by atoms with Crippen molar-refractivity contribution in [2.24, 2.45) is 0 Å². The molecular weight excluding hydrogens is 294 g/mol. The number of carbonyl (C=O) groups excluding carboxylic acids is 1. The number of nitrogens with one attached hydrogen (secondary N) is 1. The Bertz CT molecular complexity index is 705. The largest absolute Gasteiger partial charge is 0.356 e. The number of carbonyl (C=O) groups is 1. The Balaban J connectivity index is 2.11. The molecule has 2 nitrogen and oxygen atoms in total. The third kappa shape index (κ3) is 3.01. The molecule has 1 heterocycles. The molecule has 0 unspecified atom stereocenters. The van der Waals surface area contributed by atoms with E-state index in [1.807, 2.05) is 12.1 Å². The van der Waals surface area contributed by atoms with E-state index < -0.39 is 0 Å². The summed E-state index contributed by atoms with van der Waals surface area (Å²) >= 11 is 0. The van der Waals surface area contributed by atoms with Gasteiger partial charge >= 0.3 is 0 Å². The molecule has 124 valence electrons. The second-order valence-electron chi connectivity index (χ2n) is 6.60. The molecule has 0 spiro atoms. The van der Waals surface area contributed by atoms with Crippen LogP contribution in [0.25, 0.3) is 6.08 Å². The van der Waals surface area contributed by atoms with Crippen molar-refractivity contribution < 1.29 is 4.79 Å². The molecule has 1 amide bonds. The van der Waals surface area contributed by atoms with Crippen molar-refractivity contribution in [1.82, 2.24) is 5.32 Å². The fourth-order valence-electron chi connectivity index (χ4n) is 4.10. The lowest BCUT2D eigenvalue weighted by Crippen LogP contribution is -2.33. The van der Waals surface area contributed by atoms with Crippen LogP contribution < -0.4 is 5.32 Å². The molecule has 1 saturated heterocycles. The topological polar surface area (TPSA) is 29.1 Å². The van der Waals surface area contributed by atoms with E-state index in [1.165, 1.54) is 11.1 Å². The van der Waals surface area contributed by atoms with Gasteiger partial charge in [-0.1, -0.05) is 74.2 Å². The average molecular weight is 319 g/mol. The van der Waals surface area contributed by atoms with Crippen LogP contribution in [0, 0.1) is 0 Å². The van der Waals surface area contributed by atoms with Gasteiger partial charge in [0.25, 0.3) is 0 Å². The van der Waals surface area contributed by atoms with Crippen molar-refractivity contribution in [3.05, 3.63) is 77.9 Å². The Kier molecular flexibility index (Phi) is 4.84. The predicted molar refractivity (Wildman–Crippen MR) is 99.9 cm³/mol. The molecule has 2 aromatic rings. The first-order chi connectivity index (χ1) is 11.7. The van der Waals surface area contributed by atoms with E-state index in [-0.39, 0.29) is 17.2 Å². The maximum atomic E-state index is 12.3. The van der Waals surface area contributed by atoms with Gasteiger partial charge in [0.2, 0.25) is 5.91 Å². The van der Waals surface area contributed by atoms with E-state index in [0.29, 0.717) is 6.42 Å². The van der Waals surface area contributed by atoms with Gasteiger partial charge in [0.15, 0.2) is 0 Å². The third-order valence-electron chi connectivity index (χ3n) is 5.50. The minimum atomic E-state index is -0.0276. The highest BCUT2D eigenvalue weighted by Crippen LogP contribution is 2.47. The fourth-order valence-corrected chi connectivity index (χ4v) is 4.10. The Morgan fingerprint density at radius 3 is 2.50 bits per heavy atom. The Morgan fingerprint density at radius 2 is 1.88 bits per heavy atom. The van der Waals surface area contributed by atoms with Gasteiger partial charge in [-0.2, -0.15) is 0 Å². The zero-order valence-corrected chi connectivity index (χ0v) is 14.3. The molecule has 1 N–H and O–H groups in total. The highest BCUT2D eigenvalue weighted by molar-refractivity contribution is 5.77. The molecule has 0 bridgehead atoms. The van der Waals surface area contributed by atoms with Crippen molar-refractivity contribution in [1.29, 1.82) is 0 Å². The lowest BCUT2D eigenvalue weighted by molar-refractivity contribution is -0.121. The van der Waals surface area contributed by atoms with Crippen molar-refractivity contribution >= 4 is 12.0 Å². The van der Waals surface area contributed by atoms with E-state index in [1.54, 1.807) is 0 Å². The highest BCUT2D eigenvalue weighted by Gasteiger charge is 2.42. The van der Waals surface area contributed by atoms with Gasteiger partial charge in [0, 0.05) is 24.3 Å². The van der Waals surface area contributed by atoms with Crippen molar-refractivity contribution in [2.45, 2.75) is 37.5 Å². The second kappa shape index (κ2) is 7.04. The fraction of sp³-hybridized carbons (Fsp3) is 0.318. The molecule has 1 aliphatic rings. The zero-order valence-electron chi connectivity index (χ0n) is 14.3. The predicted octanol–water partition coefficient (Wildman–Crippen LogP) is 4.67. The molecule has 1 aliphatic heterocycles. The van der Waals surface area contributed by atoms with Crippen molar-refractivity contribution in [3.63, 3.8) is 0 Å². The van der Waals surface area contributed by atoms with Crippen LogP contribution >= 0.6 is 0 Å². The molecule has 2 atom stereocenters. The van der Waals surface area contributed by atoms with Crippen molar-refractivity contribution in [3.8, 4) is 0 Å². The maximum Gasteiger partial charge on any atom is 0.220 e. The molecule has 2 aromatic carbocycles. The molecule has 0 aromatic heterocycles. The maximum absolute atomic E-state index is 12.3. The molecule has 0 radical (unpaired) electrons. The first kappa shape index (κ1) is 16.5. The summed E-state index contributed by atoms with van der Waals surface area (Å²) in [6.07, 6.45) is 4.38. The summed E-state index contributed by atoms with van der Waals surface area (Å²) in [4.78, 5) is 12.3. The average Bonchev–Trinajstić information content (AvgIpc) is 2.82. The third-order valence-corrected chi connectivity index (χ3v) is 5.50. The molecule has 1 fully saturated rings. The smallest absolute Gasteiger partial charge is 0.220 e. The van der Waals surface area contributed by atoms with Gasteiger partial charge in [-0.3, -0.25) is 4.79 Å². The quantitative estimate of drug-likeness (QED) is 0.871. The molecule has 0 aliphatic carbocycles. The number of hydrogen-bond acceptors (Lipinski definition) is 1. The summed E-state index contributed by atoms with van der Waals surface area (Å²) in [6, 6.07) is 19.2.